The van der Waals surface area contributed by atoms with Crippen LogP contribution in [0.4, 0.5) is 5.69 Å². The third-order valence-corrected chi connectivity index (χ3v) is 5.85. The van der Waals surface area contributed by atoms with Crippen LogP contribution in [0.1, 0.15) is 12.2 Å². The number of hydrogen-bond acceptors (Lipinski definition) is 5. The zero-order chi connectivity index (χ0) is 21.6. The number of carbonyl (C=O) groups is 1. The fraction of sp³-hybridized carbons (Fsp3) is 0.167. The molecule has 0 spiro atoms. The molecule has 2 aromatic carbocycles. The number of aliphatic imine (C=N–C) groups is 1. The summed E-state index contributed by atoms with van der Waals surface area (Å²) in [5, 5.41) is 1.30. The number of halogens is 1. The Labute approximate surface area is 190 Å². The molecule has 0 N–H and O–H groups in total. The Bertz CT molecular complexity index is 1120. The minimum absolute atomic E-state index is 0.0866. The topological polar surface area (TPSA) is 55.0 Å². The number of ether oxygens (including phenoxy) is 1. The first-order valence-corrected chi connectivity index (χ1v) is 11.0. The smallest absolute Gasteiger partial charge is 0.266 e. The van der Waals surface area contributed by atoms with Crippen LogP contribution in [0.3, 0.4) is 0 Å². The molecule has 0 saturated carbocycles. The normalized spacial score (nSPS) is 16.6. The maximum atomic E-state index is 13.1. The SMILES string of the molecule is COCCCN1C(=O)/C(=C/c2ccc(-c3cccc(Cl)c3)o2)SC1=Nc1ccccc1. The summed E-state index contributed by atoms with van der Waals surface area (Å²) in [5.74, 6) is 1.21. The zero-order valence-electron chi connectivity index (χ0n) is 17.0. The minimum Gasteiger partial charge on any atom is -0.457 e. The molecule has 1 aliphatic rings. The van der Waals surface area contributed by atoms with Gasteiger partial charge in [-0.1, -0.05) is 41.9 Å². The predicted octanol–water partition coefficient (Wildman–Crippen LogP) is 6.24. The van der Waals surface area contributed by atoms with Crippen LogP contribution in [0.2, 0.25) is 5.02 Å². The number of amidine groups is 1. The van der Waals surface area contributed by atoms with Gasteiger partial charge in [0.1, 0.15) is 11.5 Å². The van der Waals surface area contributed by atoms with Crippen molar-refractivity contribution in [2.24, 2.45) is 4.99 Å². The van der Waals surface area contributed by atoms with Crippen LogP contribution in [0.15, 0.2) is 81.0 Å². The molecule has 0 unspecified atom stereocenters. The van der Waals surface area contributed by atoms with Crippen LogP contribution < -0.4 is 0 Å². The molecule has 1 amide bonds. The van der Waals surface area contributed by atoms with Crippen LogP contribution in [-0.4, -0.2) is 36.2 Å². The van der Waals surface area contributed by atoms with Crippen molar-refractivity contribution in [2.75, 3.05) is 20.3 Å². The first kappa shape index (κ1) is 21.4. The number of hydrogen-bond donors (Lipinski definition) is 0. The highest BCUT2D eigenvalue weighted by molar-refractivity contribution is 8.18. The zero-order valence-corrected chi connectivity index (χ0v) is 18.5. The van der Waals surface area contributed by atoms with Gasteiger partial charge in [0.05, 0.1) is 10.6 Å². The van der Waals surface area contributed by atoms with E-state index in [2.05, 4.69) is 4.99 Å². The number of methoxy groups -OCH3 is 1. The summed E-state index contributed by atoms with van der Waals surface area (Å²) in [6.07, 6.45) is 2.49. The third kappa shape index (κ3) is 5.28. The Morgan fingerprint density at radius 1 is 1.13 bits per heavy atom. The van der Waals surface area contributed by atoms with E-state index >= 15 is 0 Å². The monoisotopic (exact) mass is 452 g/mol. The van der Waals surface area contributed by atoms with E-state index in [1.807, 2.05) is 66.7 Å². The summed E-state index contributed by atoms with van der Waals surface area (Å²) in [6, 6.07) is 20.8. The number of nitrogens with zero attached hydrogens (tertiary/aromatic N) is 2. The van der Waals surface area contributed by atoms with Crippen LogP contribution in [0, 0.1) is 0 Å². The number of para-hydroxylation sites is 1. The fourth-order valence-electron chi connectivity index (χ4n) is 3.13. The minimum atomic E-state index is -0.0866. The van der Waals surface area contributed by atoms with Crippen molar-refractivity contribution in [1.29, 1.82) is 0 Å². The molecule has 0 bridgehead atoms. The van der Waals surface area contributed by atoms with Crippen molar-refractivity contribution in [3.05, 3.63) is 82.4 Å². The van der Waals surface area contributed by atoms with Crippen LogP contribution in [0.25, 0.3) is 17.4 Å². The first-order valence-electron chi connectivity index (χ1n) is 9.84. The molecule has 31 heavy (non-hydrogen) atoms. The van der Waals surface area contributed by atoms with Gasteiger partial charge in [-0.3, -0.25) is 9.69 Å². The van der Waals surface area contributed by atoms with Gasteiger partial charge in [-0.25, -0.2) is 4.99 Å². The molecule has 3 aromatic rings. The number of rotatable bonds is 7. The summed E-state index contributed by atoms with van der Waals surface area (Å²) in [7, 11) is 1.65. The van der Waals surface area contributed by atoms with Crippen molar-refractivity contribution in [1.82, 2.24) is 4.90 Å². The highest BCUT2D eigenvalue weighted by Crippen LogP contribution is 2.35. The summed E-state index contributed by atoms with van der Waals surface area (Å²) >= 11 is 7.43. The Morgan fingerprint density at radius 2 is 1.97 bits per heavy atom. The number of thioether (sulfide) groups is 1. The van der Waals surface area contributed by atoms with Gasteiger partial charge in [0, 0.05) is 36.9 Å². The van der Waals surface area contributed by atoms with E-state index in [-0.39, 0.29) is 5.91 Å². The second-order valence-corrected chi connectivity index (χ2v) is 8.30. The van der Waals surface area contributed by atoms with Gasteiger partial charge in [0.15, 0.2) is 5.17 Å². The average Bonchev–Trinajstić information content (AvgIpc) is 3.35. The van der Waals surface area contributed by atoms with Crippen LogP contribution in [0.5, 0.6) is 0 Å². The van der Waals surface area contributed by atoms with E-state index in [0.29, 0.717) is 39.8 Å². The molecular weight excluding hydrogens is 432 g/mol. The van der Waals surface area contributed by atoms with E-state index in [4.69, 9.17) is 20.8 Å². The summed E-state index contributed by atoms with van der Waals surface area (Å²) in [5.41, 5.74) is 1.69. The Morgan fingerprint density at radius 3 is 2.74 bits per heavy atom. The Balaban J connectivity index is 1.60. The molecule has 0 atom stereocenters. The molecule has 1 fully saturated rings. The molecule has 1 aliphatic heterocycles. The highest BCUT2D eigenvalue weighted by Gasteiger charge is 2.33. The molecule has 5 nitrogen and oxygen atoms in total. The molecule has 0 radical (unpaired) electrons. The first-order chi connectivity index (χ1) is 15.1. The lowest BCUT2D eigenvalue weighted by atomic mass is 10.2. The molecule has 2 heterocycles. The van der Waals surface area contributed by atoms with E-state index in [1.165, 1.54) is 11.8 Å². The molecule has 1 saturated heterocycles. The van der Waals surface area contributed by atoms with E-state index < -0.39 is 0 Å². The fourth-order valence-corrected chi connectivity index (χ4v) is 4.32. The Hall–Kier alpha value is -2.80. The maximum Gasteiger partial charge on any atom is 0.266 e. The van der Waals surface area contributed by atoms with E-state index in [0.717, 1.165) is 17.7 Å². The lowest BCUT2D eigenvalue weighted by Gasteiger charge is -2.15. The lowest BCUT2D eigenvalue weighted by molar-refractivity contribution is -0.122. The van der Waals surface area contributed by atoms with Gasteiger partial charge < -0.3 is 9.15 Å². The number of furan rings is 1. The van der Waals surface area contributed by atoms with Gasteiger partial charge >= 0.3 is 0 Å². The summed E-state index contributed by atoms with van der Waals surface area (Å²) in [6.45, 7) is 1.11. The third-order valence-electron chi connectivity index (χ3n) is 4.61. The second-order valence-electron chi connectivity index (χ2n) is 6.86. The molecule has 4 rings (SSSR count). The number of benzene rings is 2. The highest BCUT2D eigenvalue weighted by atomic mass is 35.5. The van der Waals surface area contributed by atoms with Crippen molar-refractivity contribution in [3.8, 4) is 11.3 Å². The average molecular weight is 453 g/mol. The van der Waals surface area contributed by atoms with E-state index in [9.17, 15) is 4.79 Å². The lowest BCUT2D eigenvalue weighted by Crippen LogP contribution is -2.30. The molecule has 0 aliphatic carbocycles. The van der Waals surface area contributed by atoms with Gasteiger partial charge in [-0.15, -0.1) is 0 Å². The largest absolute Gasteiger partial charge is 0.457 e. The summed E-state index contributed by atoms with van der Waals surface area (Å²) in [4.78, 5) is 20.0. The van der Waals surface area contributed by atoms with Gasteiger partial charge in [0.25, 0.3) is 5.91 Å². The van der Waals surface area contributed by atoms with Gasteiger partial charge in [-0.05, 0) is 54.6 Å². The predicted molar refractivity (Wildman–Crippen MR) is 126 cm³/mol. The number of carbonyl (C=O) groups excluding carboxylic acids is 1. The maximum absolute atomic E-state index is 13.1. The van der Waals surface area contributed by atoms with Crippen LogP contribution >= 0.6 is 23.4 Å². The van der Waals surface area contributed by atoms with Crippen molar-refractivity contribution >= 4 is 46.2 Å². The summed E-state index contributed by atoms with van der Waals surface area (Å²) < 4.78 is 11.1. The van der Waals surface area contributed by atoms with Crippen LogP contribution in [-0.2, 0) is 9.53 Å². The van der Waals surface area contributed by atoms with Crippen molar-refractivity contribution in [2.45, 2.75) is 6.42 Å². The van der Waals surface area contributed by atoms with Gasteiger partial charge in [0.2, 0.25) is 0 Å². The van der Waals surface area contributed by atoms with Crippen molar-refractivity contribution in [3.63, 3.8) is 0 Å². The van der Waals surface area contributed by atoms with E-state index in [1.54, 1.807) is 18.1 Å². The quantitative estimate of drug-likeness (QED) is 0.314. The molecule has 158 valence electrons. The second kappa shape index (κ2) is 10.0. The molecule has 1 aromatic heterocycles. The molecular formula is C24H21ClN2O3S. The number of amides is 1. The standard InChI is InChI=1S/C24H21ClN2O3S/c1-29-14-6-13-27-23(28)22(31-24(27)26-19-9-3-2-4-10-19)16-20-11-12-21(30-20)17-7-5-8-18(25)15-17/h2-5,7-12,15-16H,6,13-14H2,1H3/b22-16-,26-24?. The molecule has 7 heteroatoms. The van der Waals surface area contributed by atoms with Crippen molar-refractivity contribution < 1.29 is 13.9 Å². The Kier molecular flexibility index (Phi) is 6.92. The van der Waals surface area contributed by atoms with Gasteiger partial charge in [-0.2, -0.15) is 0 Å².